The molecule has 0 aliphatic carbocycles. The first-order valence-corrected chi connectivity index (χ1v) is 8.67. The van der Waals surface area contributed by atoms with Crippen LogP contribution in [0.3, 0.4) is 0 Å². The van der Waals surface area contributed by atoms with Crippen molar-refractivity contribution in [3.05, 3.63) is 42.8 Å². The number of hydrogen-bond donors (Lipinski definition) is 5. The molecule has 1 atom stereocenters. The summed E-state index contributed by atoms with van der Waals surface area (Å²) in [5.74, 6) is -2.01. The number of rotatable bonds is 12. The van der Waals surface area contributed by atoms with E-state index in [-0.39, 0.29) is 39.4 Å². The predicted molar refractivity (Wildman–Crippen MR) is 101 cm³/mol. The highest BCUT2D eigenvalue weighted by Gasteiger charge is 2.22. The van der Waals surface area contributed by atoms with Crippen LogP contribution in [0.4, 0.5) is 0 Å². The van der Waals surface area contributed by atoms with Crippen LogP contribution < -0.4 is 27.0 Å². The van der Waals surface area contributed by atoms with Gasteiger partial charge in [-0.1, -0.05) is 30.3 Å². The van der Waals surface area contributed by atoms with Crippen LogP contribution in [0.5, 0.6) is 0 Å². The Hall–Kier alpha value is -2.98. The second kappa shape index (κ2) is 13.2. The average Bonchev–Trinajstić information content (AvgIpc) is 2.70. The Morgan fingerprint density at radius 3 is 2.29 bits per heavy atom. The molecule has 1 radical (unpaired) electrons. The Morgan fingerprint density at radius 2 is 1.64 bits per heavy atom. The van der Waals surface area contributed by atoms with Gasteiger partial charge in [0.25, 0.3) is 0 Å². The molecule has 1 aromatic carbocycles. The largest absolute Gasteiger partial charge is 0.361 e. The fraction of sp³-hybridized carbons (Fsp3) is 0.389. The number of hydrogen-bond acceptors (Lipinski definition) is 6. The molecule has 0 saturated heterocycles. The lowest BCUT2D eigenvalue weighted by molar-refractivity contribution is -0.131. The maximum atomic E-state index is 12.5. The molecule has 4 amide bonds. The van der Waals surface area contributed by atoms with Crippen molar-refractivity contribution in [2.24, 2.45) is 5.73 Å². The molecule has 0 heterocycles. The molecule has 10 heteroatoms. The molecular formula is C18H26N5O5. The molecule has 0 aliphatic heterocycles. The number of nitrogens with two attached hydrogens (primary N) is 1. The van der Waals surface area contributed by atoms with Crippen LogP contribution in [-0.2, 0) is 30.3 Å². The normalized spacial score (nSPS) is 11.2. The lowest BCUT2D eigenvalue weighted by Gasteiger charge is -2.19. The number of amides is 4. The zero-order chi connectivity index (χ0) is 20.8. The third-order valence-corrected chi connectivity index (χ3v) is 3.50. The van der Waals surface area contributed by atoms with Gasteiger partial charge in [0, 0.05) is 13.0 Å². The molecule has 0 aromatic heterocycles. The van der Waals surface area contributed by atoms with Crippen molar-refractivity contribution in [3.8, 4) is 0 Å². The lowest BCUT2D eigenvalue weighted by atomic mass is 10.1. The summed E-state index contributed by atoms with van der Waals surface area (Å²) in [4.78, 5) is 47.3. The standard InChI is InChI=1S/C18H26N5O5/c1-2-28-12-22-16(25)10-21-18(27)14(8-13-6-4-3-5-7-13)23-17(26)11-20-15(24)9-19/h3-7,14H,1-2,8-12,19H2,(H,20,24)(H,21,27)(H,22,25)(H,23,26)/t14-/m0/s1. The van der Waals surface area contributed by atoms with Crippen LogP contribution in [-0.4, -0.2) is 62.6 Å². The van der Waals surface area contributed by atoms with E-state index in [9.17, 15) is 19.2 Å². The van der Waals surface area contributed by atoms with Crippen LogP contribution in [0, 0.1) is 6.92 Å². The highest BCUT2D eigenvalue weighted by Crippen LogP contribution is 2.03. The van der Waals surface area contributed by atoms with Crippen molar-refractivity contribution in [2.45, 2.75) is 12.5 Å². The monoisotopic (exact) mass is 392 g/mol. The van der Waals surface area contributed by atoms with Gasteiger partial charge in [-0.05, 0) is 12.5 Å². The van der Waals surface area contributed by atoms with Crippen LogP contribution in [0.2, 0.25) is 0 Å². The van der Waals surface area contributed by atoms with E-state index in [0.29, 0.717) is 0 Å². The molecule has 1 rings (SSSR count). The molecule has 0 spiro atoms. The van der Waals surface area contributed by atoms with Crippen LogP contribution >= 0.6 is 0 Å². The quantitative estimate of drug-likeness (QED) is 0.202. The summed E-state index contributed by atoms with van der Waals surface area (Å²) in [5.41, 5.74) is 5.98. The van der Waals surface area contributed by atoms with Gasteiger partial charge < -0.3 is 31.7 Å². The van der Waals surface area contributed by atoms with Crippen molar-refractivity contribution in [2.75, 3.05) is 33.0 Å². The zero-order valence-corrected chi connectivity index (χ0v) is 15.5. The summed E-state index contributed by atoms with van der Waals surface area (Å²) in [6.07, 6.45) is 0.218. The molecule has 0 unspecified atom stereocenters. The second-order valence-electron chi connectivity index (χ2n) is 5.66. The average molecular weight is 392 g/mol. The van der Waals surface area contributed by atoms with E-state index in [1.807, 2.05) is 30.3 Å². The van der Waals surface area contributed by atoms with Gasteiger partial charge in [-0.3, -0.25) is 19.2 Å². The smallest absolute Gasteiger partial charge is 0.243 e. The summed E-state index contributed by atoms with van der Waals surface area (Å²) < 4.78 is 4.89. The van der Waals surface area contributed by atoms with Crippen LogP contribution in [0.1, 0.15) is 5.56 Å². The summed E-state index contributed by atoms with van der Waals surface area (Å²) >= 11 is 0. The summed E-state index contributed by atoms with van der Waals surface area (Å²) in [6, 6.07) is 8.15. The third kappa shape index (κ3) is 9.64. The van der Waals surface area contributed by atoms with E-state index in [1.54, 1.807) is 0 Å². The number of carbonyl (C=O) groups is 4. The highest BCUT2D eigenvalue weighted by molar-refractivity contribution is 5.92. The number of nitrogens with one attached hydrogen (secondary N) is 4. The van der Waals surface area contributed by atoms with E-state index < -0.39 is 29.7 Å². The van der Waals surface area contributed by atoms with Gasteiger partial charge in [-0.2, -0.15) is 0 Å². The van der Waals surface area contributed by atoms with Crippen molar-refractivity contribution >= 4 is 23.6 Å². The van der Waals surface area contributed by atoms with E-state index in [0.717, 1.165) is 5.56 Å². The molecular weight excluding hydrogens is 366 g/mol. The van der Waals surface area contributed by atoms with Crippen molar-refractivity contribution in [1.82, 2.24) is 21.3 Å². The van der Waals surface area contributed by atoms with Crippen LogP contribution in [0.25, 0.3) is 0 Å². The Morgan fingerprint density at radius 1 is 0.964 bits per heavy atom. The van der Waals surface area contributed by atoms with Gasteiger partial charge in [0.1, 0.15) is 12.8 Å². The molecule has 28 heavy (non-hydrogen) atoms. The van der Waals surface area contributed by atoms with Gasteiger partial charge in [0.15, 0.2) is 0 Å². The van der Waals surface area contributed by atoms with Gasteiger partial charge in [-0.25, -0.2) is 0 Å². The fourth-order valence-corrected chi connectivity index (χ4v) is 2.11. The molecule has 1 aromatic rings. The molecule has 0 saturated carbocycles. The Labute approximate surface area is 163 Å². The van der Waals surface area contributed by atoms with Crippen molar-refractivity contribution < 1.29 is 23.9 Å². The highest BCUT2D eigenvalue weighted by atomic mass is 16.5. The van der Waals surface area contributed by atoms with Crippen molar-refractivity contribution in [1.29, 1.82) is 0 Å². The van der Waals surface area contributed by atoms with E-state index >= 15 is 0 Å². The van der Waals surface area contributed by atoms with Crippen molar-refractivity contribution in [3.63, 3.8) is 0 Å². The lowest BCUT2D eigenvalue weighted by Crippen LogP contribution is -2.52. The number of ether oxygens (including phenoxy) is 1. The SMILES string of the molecule is [CH2]COCNC(=O)CNC(=O)[C@H](Cc1ccccc1)NC(=O)CNC(=O)CN. The number of benzene rings is 1. The first-order valence-electron chi connectivity index (χ1n) is 8.67. The Kier molecular flexibility index (Phi) is 10.9. The maximum absolute atomic E-state index is 12.5. The fourth-order valence-electron chi connectivity index (χ4n) is 2.11. The van der Waals surface area contributed by atoms with Crippen LogP contribution in [0.15, 0.2) is 30.3 Å². The summed E-state index contributed by atoms with van der Waals surface area (Å²) in [5, 5.41) is 9.79. The Bertz CT molecular complexity index is 653. The van der Waals surface area contributed by atoms with E-state index in [1.165, 1.54) is 0 Å². The Balaban J connectivity index is 2.63. The molecule has 0 fully saturated rings. The van der Waals surface area contributed by atoms with Gasteiger partial charge >= 0.3 is 0 Å². The predicted octanol–water partition coefficient (Wildman–Crippen LogP) is -2.17. The topological polar surface area (TPSA) is 152 Å². The van der Waals surface area contributed by atoms with Gasteiger partial charge in [0.2, 0.25) is 23.6 Å². The number of carbonyl (C=O) groups excluding carboxylic acids is 4. The zero-order valence-electron chi connectivity index (χ0n) is 15.5. The maximum Gasteiger partial charge on any atom is 0.243 e. The van der Waals surface area contributed by atoms with Gasteiger partial charge in [-0.15, -0.1) is 0 Å². The summed E-state index contributed by atoms with van der Waals surface area (Å²) in [6.45, 7) is 2.83. The summed E-state index contributed by atoms with van der Waals surface area (Å²) in [7, 11) is 0. The molecule has 153 valence electrons. The first kappa shape index (κ1) is 23.1. The van der Waals surface area contributed by atoms with E-state index in [4.69, 9.17) is 10.5 Å². The minimum absolute atomic E-state index is 0.0107. The molecule has 10 nitrogen and oxygen atoms in total. The molecule has 0 bridgehead atoms. The first-order chi connectivity index (χ1) is 13.5. The second-order valence-corrected chi connectivity index (χ2v) is 5.66. The molecule has 6 N–H and O–H groups in total. The minimum Gasteiger partial charge on any atom is -0.361 e. The van der Waals surface area contributed by atoms with Gasteiger partial charge in [0.05, 0.1) is 19.6 Å². The van der Waals surface area contributed by atoms with E-state index in [2.05, 4.69) is 28.2 Å². The minimum atomic E-state index is -0.923. The molecule has 0 aliphatic rings. The third-order valence-electron chi connectivity index (χ3n) is 3.50.